The molecule has 0 N–H and O–H groups in total. The van der Waals surface area contributed by atoms with Crippen LogP contribution < -0.4 is 0 Å². The molecule has 0 aliphatic heterocycles. The molecule has 1 rings (SSSR count). The van der Waals surface area contributed by atoms with Crippen LogP contribution in [0, 0.1) is 18.3 Å². The van der Waals surface area contributed by atoms with Gasteiger partial charge in [-0.25, -0.2) is 0 Å². The molecule has 1 heteroatoms. The van der Waals surface area contributed by atoms with E-state index in [4.69, 9.17) is 6.42 Å². The Labute approximate surface area is 94.9 Å². The second-order valence-electron chi connectivity index (χ2n) is 3.55. The third-order valence-electron chi connectivity index (χ3n) is 2.32. The van der Waals surface area contributed by atoms with Crippen LogP contribution >= 0.6 is 15.9 Å². The summed E-state index contributed by atoms with van der Waals surface area (Å²) < 4.78 is 1.20. The number of hydrogen-bond acceptors (Lipinski definition) is 0. The van der Waals surface area contributed by atoms with Crippen LogP contribution in [0.5, 0.6) is 0 Å². The summed E-state index contributed by atoms with van der Waals surface area (Å²) in [4.78, 5) is 0. The van der Waals surface area contributed by atoms with Crippen molar-refractivity contribution in [3.63, 3.8) is 0 Å². The molecule has 1 unspecified atom stereocenters. The van der Waals surface area contributed by atoms with Crippen molar-refractivity contribution < 1.29 is 0 Å². The van der Waals surface area contributed by atoms with E-state index in [0.717, 1.165) is 12.8 Å². The fourth-order valence-corrected chi connectivity index (χ4v) is 2.12. The minimum atomic E-state index is 0.314. The summed E-state index contributed by atoms with van der Waals surface area (Å²) in [7, 11) is 0. The molecule has 0 aliphatic rings. The van der Waals surface area contributed by atoms with E-state index in [1.54, 1.807) is 0 Å². The lowest BCUT2D eigenvalue weighted by Crippen LogP contribution is -1.96. The van der Waals surface area contributed by atoms with Crippen molar-refractivity contribution in [1.29, 1.82) is 0 Å². The zero-order valence-corrected chi connectivity index (χ0v) is 10.3. The summed E-state index contributed by atoms with van der Waals surface area (Å²) in [6.07, 6.45) is 7.37. The fourth-order valence-electron chi connectivity index (χ4n) is 1.42. The molecule has 0 aliphatic carbocycles. The first-order valence-electron chi connectivity index (χ1n) is 4.90. The Morgan fingerprint density at radius 3 is 2.71 bits per heavy atom. The number of benzene rings is 1. The lowest BCUT2D eigenvalue weighted by molar-refractivity contribution is 0.750. The summed E-state index contributed by atoms with van der Waals surface area (Å²) in [5.41, 5.74) is 2.65. The molecule has 0 bridgehead atoms. The molecule has 0 amide bonds. The number of halogens is 1. The van der Waals surface area contributed by atoms with Crippen molar-refractivity contribution in [3.8, 4) is 12.3 Å². The van der Waals surface area contributed by atoms with Crippen molar-refractivity contribution in [2.75, 3.05) is 0 Å². The van der Waals surface area contributed by atoms with Gasteiger partial charge in [-0.05, 0) is 30.0 Å². The number of terminal acetylenes is 1. The SMILES string of the molecule is C#CC(C)Cc1ccc(CC)c(Br)c1. The smallest absolute Gasteiger partial charge is 0.0212 e. The van der Waals surface area contributed by atoms with Gasteiger partial charge >= 0.3 is 0 Å². The Morgan fingerprint density at radius 1 is 1.50 bits per heavy atom. The van der Waals surface area contributed by atoms with Crippen LogP contribution in [0.25, 0.3) is 0 Å². The molecule has 74 valence electrons. The lowest BCUT2D eigenvalue weighted by Gasteiger charge is -2.07. The molecule has 1 aromatic carbocycles. The average molecular weight is 251 g/mol. The molecule has 0 saturated carbocycles. The standard InChI is InChI=1S/C13H15Br/c1-4-10(3)8-11-6-7-12(5-2)13(14)9-11/h1,6-7,9-10H,5,8H2,2-3H3. The highest BCUT2D eigenvalue weighted by molar-refractivity contribution is 9.10. The van der Waals surface area contributed by atoms with E-state index in [0.29, 0.717) is 5.92 Å². The van der Waals surface area contributed by atoms with Crippen LogP contribution in [0.1, 0.15) is 25.0 Å². The predicted octanol–water partition coefficient (Wildman–Crippen LogP) is 3.82. The lowest BCUT2D eigenvalue weighted by atomic mass is 10.0. The van der Waals surface area contributed by atoms with Gasteiger partial charge in [0.25, 0.3) is 0 Å². The van der Waals surface area contributed by atoms with E-state index in [-0.39, 0.29) is 0 Å². The second kappa shape index (κ2) is 5.22. The molecule has 0 saturated heterocycles. The topological polar surface area (TPSA) is 0 Å². The molecule has 0 radical (unpaired) electrons. The average Bonchev–Trinajstić information content (AvgIpc) is 2.18. The van der Waals surface area contributed by atoms with Crippen molar-refractivity contribution in [3.05, 3.63) is 33.8 Å². The number of rotatable bonds is 3. The normalized spacial score (nSPS) is 12.1. The van der Waals surface area contributed by atoms with Gasteiger partial charge in [-0.1, -0.05) is 41.9 Å². The first-order valence-corrected chi connectivity index (χ1v) is 5.70. The summed E-state index contributed by atoms with van der Waals surface area (Å²) in [6, 6.07) is 6.51. The molecular formula is C13H15Br. The van der Waals surface area contributed by atoms with E-state index in [9.17, 15) is 0 Å². The van der Waals surface area contributed by atoms with E-state index >= 15 is 0 Å². The highest BCUT2D eigenvalue weighted by atomic mass is 79.9. The van der Waals surface area contributed by atoms with Gasteiger partial charge in [0.2, 0.25) is 0 Å². The monoisotopic (exact) mass is 250 g/mol. The number of hydrogen-bond donors (Lipinski definition) is 0. The Balaban J connectivity index is 2.82. The molecule has 0 spiro atoms. The first kappa shape index (κ1) is 11.3. The molecule has 0 nitrogen and oxygen atoms in total. The Hall–Kier alpha value is -0.740. The van der Waals surface area contributed by atoms with Crippen LogP contribution in [-0.2, 0) is 12.8 Å². The zero-order valence-electron chi connectivity index (χ0n) is 8.68. The maximum atomic E-state index is 5.35. The fraction of sp³-hybridized carbons (Fsp3) is 0.385. The second-order valence-corrected chi connectivity index (χ2v) is 4.41. The van der Waals surface area contributed by atoms with Crippen molar-refractivity contribution >= 4 is 15.9 Å². The summed E-state index contributed by atoms with van der Waals surface area (Å²) in [5, 5.41) is 0. The minimum absolute atomic E-state index is 0.314. The van der Waals surface area contributed by atoms with E-state index in [1.165, 1.54) is 15.6 Å². The highest BCUT2D eigenvalue weighted by Gasteiger charge is 2.02. The molecule has 14 heavy (non-hydrogen) atoms. The maximum absolute atomic E-state index is 5.35. The Kier molecular flexibility index (Phi) is 4.22. The largest absolute Gasteiger partial charge is 0.120 e. The molecular weight excluding hydrogens is 236 g/mol. The third kappa shape index (κ3) is 2.89. The van der Waals surface area contributed by atoms with Gasteiger partial charge in [-0.2, -0.15) is 0 Å². The van der Waals surface area contributed by atoms with Crippen LogP contribution in [0.3, 0.4) is 0 Å². The highest BCUT2D eigenvalue weighted by Crippen LogP contribution is 2.20. The summed E-state index contributed by atoms with van der Waals surface area (Å²) in [5.74, 6) is 3.06. The molecule has 1 atom stereocenters. The Bertz CT molecular complexity index is 347. The van der Waals surface area contributed by atoms with Gasteiger partial charge in [-0.3, -0.25) is 0 Å². The van der Waals surface area contributed by atoms with Crippen LogP contribution in [-0.4, -0.2) is 0 Å². The van der Waals surface area contributed by atoms with E-state index < -0.39 is 0 Å². The van der Waals surface area contributed by atoms with E-state index in [1.807, 2.05) is 0 Å². The summed E-state index contributed by atoms with van der Waals surface area (Å²) in [6.45, 7) is 4.23. The third-order valence-corrected chi connectivity index (χ3v) is 3.06. The minimum Gasteiger partial charge on any atom is -0.120 e. The summed E-state index contributed by atoms with van der Waals surface area (Å²) >= 11 is 3.57. The van der Waals surface area contributed by atoms with Gasteiger partial charge < -0.3 is 0 Å². The van der Waals surface area contributed by atoms with Gasteiger partial charge in [0.15, 0.2) is 0 Å². The first-order chi connectivity index (χ1) is 6.67. The van der Waals surface area contributed by atoms with Gasteiger partial charge in [0, 0.05) is 10.4 Å². The van der Waals surface area contributed by atoms with Crippen molar-refractivity contribution in [2.45, 2.75) is 26.7 Å². The van der Waals surface area contributed by atoms with Crippen molar-refractivity contribution in [2.24, 2.45) is 5.92 Å². The van der Waals surface area contributed by atoms with E-state index in [2.05, 4.69) is 53.9 Å². The molecule has 1 aromatic rings. The molecule has 0 fully saturated rings. The molecule has 0 heterocycles. The maximum Gasteiger partial charge on any atom is 0.0212 e. The van der Waals surface area contributed by atoms with Gasteiger partial charge in [-0.15, -0.1) is 12.3 Å². The van der Waals surface area contributed by atoms with Crippen LogP contribution in [0.4, 0.5) is 0 Å². The zero-order chi connectivity index (χ0) is 10.6. The van der Waals surface area contributed by atoms with Gasteiger partial charge in [0.1, 0.15) is 0 Å². The van der Waals surface area contributed by atoms with Crippen LogP contribution in [0.2, 0.25) is 0 Å². The number of aryl methyl sites for hydroxylation is 1. The van der Waals surface area contributed by atoms with Crippen LogP contribution in [0.15, 0.2) is 22.7 Å². The van der Waals surface area contributed by atoms with Crippen molar-refractivity contribution in [1.82, 2.24) is 0 Å². The van der Waals surface area contributed by atoms with Gasteiger partial charge in [0.05, 0.1) is 0 Å². The Morgan fingerprint density at radius 2 is 2.21 bits per heavy atom. The quantitative estimate of drug-likeness (QED) is 0.716. The molecule has 0 aromatic heterocycles. The predicted molar refractivity (Wildman–Crippen MR) is 65.2 cm³/mol.